The Kier molecular flexibility index (Phi) is 4.32. The summed E-state index contributed by atoms with van der Waals surface area (Å²) in [5.74, 6) is 0.458. The molecule has 0 spiro atoms. The van der Waals surface area contributed by atoms with E-state index in [1.165, 1.54) is 18.2 Å². The number of hydrogen-bond acceptors (Lipinski definition) is 4. The molecule has 0 amide bonds. The Labute approximate surface area is 116 Å². The summed E-state index contributed by atoms with van der Waals surface area (Å²) in [5, 5.41) is 19.9. The summed E-state index contributed by atoms with van der Waals surface area (Å²) in [6.07, 6.45) is 0. The predicted octanol–water partition coefficient (Wildman–Crippen LogP) is 2.97. The largest absolute Gasteiger partial charge is 0.489 e. The highest BCUT2D eigenvalue weighted by atomic mass is 16.6. The second-order valence-electron chi connectivity index (χ2n) is 4.48. The Hall–Kier alpha value is -2.40. The maximum Gasteiger partial charge on any atom is 0.270 e. The van der Waals surface area contributed by atoms with Crippen molar-refractivity contribution in [3.8, 4) is 5.75 Å². The summed E-state index contributed by atoms with van der Waals surface area (Å²) >= 11 is 0. The van der Waals surface area contributed by atoms with Crippen molar-refractivity contribution in [2.45, 2.75) is 20.1 Å². The average molecular weight is 273 g/mol. The first kappa shape index (κ1) is 14.0. The van der Waals surface area contributed by atoms with Gasteiger partial charge in [-0.1, -0.05) is 29.8 Å². The third-order valence-electron chi connectivity index (χ3n) is 2.90. The summed E-state index contributed by atoms with van der Waals surface area (Å²) in [6, 6.07) is 12.1. The fourth-order valence-electron chi connectivity index (χ4n) is 1.91. The number of benzene rings is 2. The molecular formula is C15H15NO4. The van der Waals surface area contributed by atoms with Gasteiger partial charge in [-0.2, -0.15) is 0 Å². The van der Waals surface area contributed by atoms with Crippen LogP contribution in [0.2, 0.25) is 0 Å². The number of aliphatic hydroxyl groups is 1. The molecule has 2 aromatic rings. The van der Waals surface area contributed by atoms with Gasteiger partial charge in [0.15, 0.2) is 0 Å². The van der Waals surface area contributed by atoms with Crippen LogP contribution in [-0.2, 0) is 13.2 Å². The van der Waals surface area contributed by atoms with Crippen molar-refractivity contribution >= 4 is 5.69 Å². The number of aryl methyl sites for hydroxylation is 1. The average Bonchev–Trinajstić information content (AvgIpc) is 2.45. The minimum atomic E-state index is -0.497. The molecule has 1 N–H and O–H groups in total. The molecule has 0 radical (unpaired) electrons. The smallest absolute Gasteiger partial charge is 0.270 e. The number of nitro benzene ring substituents is 1. The number of hydrogen-bond donors (Lipinski definition) is 1. The van der Waals surface area contributed by atoms with Crippen LogP contribution in [0.15, 0.2) is 42.5 Å². The van der Waals surface area contributed by atoms with E-state index in [1.807, 2.05) is 31.2 Å². The van der Waals surface area contributed by atoms with Gasteiger partial charge in [-0.3, -0.25) is 10.1 Å². The first-order chi connectivity index (χ1) is 9.60. The summed E-state index contributed by atoms with van der Waals surface area (Å²) in [7, 11) is 0. The third kappa shape index (κ3) is 3.33. The van der Waals surface area contributed by atoms with Crippen LogP contribution in [0.1, 0.15) is 16.7 Å². The quantitative estimate of drug-likeness (QED) is 0.671. The summed E-state index contributed by atoms with van der Waals surface area (Å²) in [5.41, 5.74) is 2.49. The number of nitrogens with zero attached hydrogens (tertiary/aromatic N) is 1. The van der Waals surface area contributed by atoms with E-state index in [1.54, 1.807) is 0 Å². The van der Waals surface area contributed by atoms with E-state index in [-0.39, 0.29) is 12.3 Å². The topological polar surface area (TPSA) is 72.6 Å². The van der Waals surface area contributed by atoms with Gasteiger partial charge in [-0.15, -0.1) is 0 Å². The summed E-state index contributed by atoms with van der Waals surface area (Å²) in [6.45, 7) is 2.05. The molecule has 2 rings (SSSR count). The molecule has 0 heterocycles. The van der Waals surface area contributed by atoms with Crippen LogP contribution in [0, 0.1) is 17.0 Å². The highest BCUT2D eigenvalue weighted by Gasteiger charge is 2.11. The number of non-ortho nitro benzene ring substituents is 1. The highest BCUT2D eigenvalue weighted by Crippen LogP contribution is 2.25. The molecule has 0 bridgehead atoms. The van der Waals surface area contributed by atoms with Gasteiger partial charge in [0.25, 0.3) is 5.69 Å². The van der Waals surface area contributed by atoms with Crippen molar-refractivity contribution in [2.75, 3.05) is 0 Å². The lowest BCUT2D eigenvalue weighted by atomic mass is 10.1. The maximum absolute atomic E-state index is 10.7. The number of ether oxygens (including phenoxy) is 1. The van der Waals surface area contributed by atoms with E-state index in [2.05, 4.69) is 0 Å². The Morgan fingerprint density at radius 1 is 1.25 bits per heavy atom. The molecule has 0 unspecified atom stereocenters. The zero-order valence-corrected chi connectivity index (χ0v) is 11.1. The first-order valence-corrected chi connectivity index (χ1v) is 6.16. The fraction of sp³-hybridized carbons (Fsp3) is 0.200. The van der Waals surface area contributed by atoms with E-state index in [0.29, 0.717) is 17.9 Å². The molecule has 0 atom stereocenters. The van der Waals surface area contributed by atoms with E-state index >= 15 is 0 Å². The number of rotatable bonds is 5. The van der Waals surface area contributed by atoms with Crippen LogP contribution >= 0.6 is 0 Å². The van der Waals surface area contributed by atoms with E-state index < -0.39 is 4.92 Å². The second-order valence-corrected chi connectivity index (χ2v) is 4.48. The first-order valence-electron chi connectivity index (χ1n) is 6.16. The monoisotopic (exact) mass is 273 g/mol. The third-order valence-corrected chi connectivity index (χ3v) is 2.90. The Morgan fingerprint density at radius 2 is 2.05 bits per heavy atom. The van der Waals surface area contributed by atoms with Crippen LogP contribution in [0.4, 0.5) is 5.69 Å². The van der Waals surface area contributed by atoms with E-state index in [4.69, 9.17) is 4.74 Å². The predicted molar refractivity (Wildman–Crippen MR) is 74.5 cm³/mol. The standard InChI is InChI=1S/C15H15NO4/c1-11-3-2-4-12(7-11)10-20-15-6-5-14(16(18)19)8-13(15)9-17/h2-8,17H,9-10H2,1H3. The van der Waals surface area contributed by atoms with Crippen molar-refractivity contribution < 1.29 is 14.8 Å². The van der Waals surface area contributed by atoms with Crippen molar-refractivity contribution in [3.05, 3.63) is 69.3 Å². The SMILES string of the molecule is Cc1cccc(COc2ccc([N+](=O)[O-])cc2CO)c1. The van der Waals surface area contributed by atoms with Gasteiger partial charge in [-0.05, 0) is 18.6 Å². The molecule has 5 heteroatoms. The Morgan fingerprint density at radius 3 is 2.70 bits per heavy atom. The zero-order valence-electron chi connectivity index (χ0n) is 11.1. The Balaban J connectivity index is 2.15. The fourth-order valence-corrected chi connectivity index (χ4v) is 1.91. The molecule has 0 aliphatic carbocycles. The van der Waals surface area contributed by atoms with Gasteiger partial charge in [0, 0.05) is 17.7 Å². The van der Waals surface area contributed by atoms with Crippen molar-refractivity contribution in [2.24, 2.45) is 0 Å². The molecule has 0 aromatic heterocycles. The molecule has 2 aromatic carbocycles. The van der Waals surface area contributed by atoms with Gasteiger partial charge in [0.1, 0.15) is 12.4 Å². The molecule has 20 heavy (non-hydrogen) atoms. The van der Waals surface area contributed by atoms with Gasteiger partial charge >= 0.3 is 0 Å². The van der Waals surface area contributed by atoms with Gasteiger partial charge in [0.05, 0.1) is 11.5 Å². The zero-order chi connectivity index (χ0) is 14.5. The van der Waals surface area contributed by atoms with Crippen LogP contribution in [-0.4, -0.2) is 10.0 Å². The van der Waals surface area contributed by atoms with Gasteiger partial charge < -0.3 is 9.84 Å². The van der Waals surface area contributed by atoms with Crippen LogP contribution in [0.5, 0.6) is 5.75 Å². The lowest BCUT2D eigenvalue weighted by molar-refractivity contribution is -0.385. The summed E-state index contributed by atoms with van der Waals surface area (Å²) in [4.78, 5) is 10.2. The molecule has 0 saturated heterocycles. The van der Waals surface area contributed by atoms with Crippen molar-refractivity contribution in [1.82, 2.24) is 0 Å². The number of nitro groups is 1. The second kappa shape index (κ2) is 6.16. The number of aliphatic hydroxyl groups excluding tert-OH is 1. The van der Waals surface area contributed by atoms with E-state index in [9.17, 15) is 15.2 Å². The Bertz CT molecular complexity index is 625. The molecule has 0 aliphatic rings. The lowest BCUT2D eigenvalue weighted by Gasteiger charge is -2.10. The highest BCUT2D eigenvalue weighted by molar-refractivity contribution is 5.43. The van der Waals surface area contributed by atoms with Crippen LogP contribution < -0.4 is 4.74 Å². The summed E-state index contributed by atoms with van der Waals surface area (Å²) < 4.78 is 5.62. The molecule has 104 valence electrons. The molecule has 0 saturated carbocycles. The van der Waals surface area contributed by atoms with Gasteiger partial charge in [-0.25, -0.2) is 0 Å². The molecule has 0 aliphatic heterocycles. The molecule has 0 fully saturated rings. The van der Waals surface area contributed by atoms with Gasteiger partial charge in [0.2, 0.25) is 0 Å². The van der Waals surface area contributed by atoms with Crippen LogP contribution in [0.25, 0.3) is 0 Å². The maximum atomic E-state index is 10.7. The van der Waals surface area contributed by atoms with Crippen molar-refractivity contribution in [3.63, 3.8) is 0 Å². The van der Waals surface area contributed by atoms with E-state index in [0.717, 1.165) is 11.1 Å². The normalized spacial score (nSPS) is 10.3. The molecule has 5 nitrogen and oxygen atoms in total. The minimum absolute atomic E-state index is 0.0584. The lowest BCUT2D eigenvalue weighted by Crippen LogP contribution is -2.00. The minimum Gasteiger partial charge on any atom is -0.489 e. The molecular weight excluding hydrogens is 258 g/mol. The van der Waals surface area contributed by atoms with Crippen LogP contribution in [0.3, 0.4) is 0 Å². The van der Waals surface area contributed by atoms with Crippen molar-refractivity contribution in [1.29, 1.82) is 0 Å².